The maximum atomic E-state index is 12.9. The number of Topliss-reactive ketones (excluding diaryl/α,β-unsaturated/α-hetero) is 1. The minimum atomic E-state index is -0.483. The molecule has 0 spiro atoms. The summed E-state index contributed by atoms with van der Waals surface area (Å²) in [5, 5.41) is 0. The standard InChI is InChI=1S/C24H27IO4/c1-23(2)11-12-24(3,4)18-13-15(9-10-17(18)23)20(26)14-29-21-16(22(27)28-5)7-6-8-19(21)25/h6-10,13H,11-12,14H2,1-5H3. The predicted molar refractivity (Wildman–Crippen MR) is 122 cm³/mol. The van der Waals surface area contributed by atoms with Gasteiger partial charge in [0.1, 0.15) is 11.3 Å². The van der Waals surface area contributed by atoms with E-state index >= 15 is 0 Å². The summed E-state index contributed by atoms with van der Waals surface area (Å²) in [6.45, 7) is 8.86. The van der Waals surface area contributed by atoms with Crippen molar-refractivity contribution in [2.75, 3.05) is 13.7 Å². The quantitative estimate of drug-likeness (QED) is 0.297. The van der Waals surface area contributed by atoms with E-state index in [2.05, 4.69) is 56.4 Å². The third kappa shape index (κ3) is 4.34. The van der Waals surface area contributed by atoms with E-state index in [9.17, 15) is 9.59 Å². The van der Waals surface area contributed by atoms with Crippen LogP contribution in [-0.4, -0.2) is 25.5 Å². The number of carbonyl (C=O) groups is 2. The van der Waals surface area contributed by atoms with Crippen molar-refractivity contribution in [2.24, 2.45) is 0 Å². The summed E-state index contributed by atoms with van der Waals surface area (Å²) in [7, 11) is 1.33. The Kier molecular flexibility index (Phi) is 6.08. The number of benzene rings is 2. The molecule has 0 aliphatic heterocycles. The molecule has 4 nitrogen and oxygen atoms in total. The molecule has 0 atom stereocenters. The zero-order valence-corrected chi connectivity index (χ0v) is 19.8. The van der Waals surface area contributed by atoms with Gasteiger partial charge in [-0.1, -0.05) is 45.9 Å². The number of hydrogen-bond donors (Lipinski definition) is 0. The summed E-state index contributed by atoms with van der Waals surface area (Å²) < 4.78 is 11.4. The number of methoxy groups -OCH3 is 1. The lowest BCUT2D eigenvalue weighted by molar-refractivity contribution is 0.0593. The average molecular weight is 506 g/mol. The van der Waals surface area contributed by atoms with Crippen molar-refractivity contribution in [1.82, 2.24) is 0 Å². The molecule has 29 heavy (non-hydrogen) atoms. The molecule has 0 N–H and O–H groups in total. The molecule has 154 valence electrons. The lowest BCUT2D eigenvalue weighted by atomic mass is 9.63. The van der Waals surface area contributed by atoms with Gasteiger partial charge >= 0.3 is 5.97 Å². The van der Waals surface area contributed by atoms with Gasteiger partial charge in [-0.05, 0) is 75.6 Å². The number of ketones is 1. The first-order chi connectivity index (χ1) is 13.6. The Balaban J connectivity index is 1.86. The first kappa shape index (κ1) is 21.8. The van der Waals surface area contributed by atoms with Gasteiger partial charge in [-0.25, -0.2) is 4.79 Å². The van der Waals surface area contributed by atoms with Crippen LogP contribution in [0.5, 0.6) is 5.75 Å². The molecule has 0 amide bonds. The van der Waals surface area contributed by atoms with Gasteiger partial charge in [0.25, 0.3) is 0 Å². The summed E-state index contributed by atoms with van der Waals surface area (Å²) in [4.78, 5) is 24.9. The van der Waals surface area contributed by atoms with Crippen LogP contribution in [-0.2, 0) is 15.6 Å². The van der Waals surface area contributed by atoms with Gasteiger partial charge < -0.3 is 9.47 Å². The molecular weight excluding hydrogens is 479 g/mol. The Morgan fingerprint density at radius 1 is 1.00 bits per heavy atom. The first-order valence-electron chi connectivity index (χ1n) is 9.75. The van der Waals surface area contributed by atoms with Crippen molar-refractivity contribution < 1.29 is 19.1 Å². The minimum Gasteiger partial charge on any atom is -0.483 e. The normalized spacial score (nSPS) is 16.6. The van der Waals surface area contributed by atoms with Gasteiger partial charge in [0.2, 0.25) is 0 Å². The third-order valence-corrected chi connectivity index (χ3v) is 6.74. The molecule has 0 fully saturated rings. The van der Waals surface area contributed by atoms with Crippen LogP contribution in [0.2, 0.25) is 0 Å². The predicted octanol–water partition coefficient (Wildman–Crippen LogP) is 5.69. The van der Waals surface area contributed by atoms with Crippen LogP contribution in [0, 0.1) is 3.57 Å². The molecule has 0 saturated heterocycles. The molecule has 0 aromatic heterocycles. The van der Waals surface area contributed by atoms with Crippen molar-refractivity contribution in [3.05, 3.63) is 62.2 Å². The van der Waals surface area contributed by atoms with E-state index in [1.165, 1.54) is 18.2 Å². The van der Waals surface area contributed by atoms with Crippen molar-refractivity contribution in [3.8, 4) is 5.75 Å². The number of para-hydroxylation sites is 1. The molecule has 5 heteroatoms. The van der Waals surface area contributed by atoms with Crippen LogP contribution in [0.4, 0.5) is 0 Å². The Hall–Kier alpha value is -1.89. The molecule has 0 unspecified atom stereocenters. The van der Waals surface area contributed by atoms with Crippen molar-refractivity contribution in [2.45, 2.75) is 51.4 Å². The van der Waals surface area contributed by atoms with Crippen LogP contribution < -0.4 is 4.74 Å². The monoisotopic (exact) mass is 506 g/mol. The Bertz CT molecular complexity index is 959. The molecule has 0 radical (unpaired) electrons. The van der Waals surface area contributed by atoms with E-state index in [1.807, 2.05) is 18.2 Å². The van der Waals surface area contributed by atoms with Crippen molar-refractivity contribution in [1.29, 1.82) is 0 Å². The minimum absolute atomic E-state index is 0.0366. The summed E-state index contributed by atoms with van der Waals surface area (Å²) in [5.74, 6) is -0.209. The highest BCUT2D eigenvalue weighted by molar-refractivity contribution is 14.1. The molecule has 0 saturated carbocycles. The Labute approximate surface area is 186 Å². The summed E-state index contributed by atoms with van der Waals surface area (Å²) >= 11 is 2.09. The number of fused-ring (bicyclic) bond motifs is 1. The van der Waals surface area contributed by atoms with Crippen molar-refractivity contribution >= 4 is 34.3 Å². The Morgan fingerprint density at radius 3 is 2.31 bits per heavy atom. The number of rotatable bonds is 5. The van der Waals surface area contributed by atoms with Crippen LogP contribution in [0.1, 0.15) is 72.4 Å². The molecule has 1 aliphatic carbocycles. The van der Waals surface area contributed by atoms with Crippen LogP contribution in [0.15, 0.2) is 36.4 Å². The molecule has 0 heterocycles. The second kappa shape index (κ2) is 8.09. The third-order valence-electron chi connectivity index (χ3n) is 5.89. The first-order valence-corrected chi connectivity index (χ1v) is 10.8. The van der Waals surface area contributed by atoms with E-state index in [0.717, 1.165) is 16.4 Å². The van der Waals surface area contributed by atoms with Gasteiger partial charge in [-0.2, -0.15) is 0 Å². The smallest absolute Gasteiger partial charge is 0.341 e. The van der Waals surface area contributed by atoms with Crippen LogP contribution in [0.25, 0.3) is 0 Å². The zero-order chi connectivity index (χ0) is 21.4. The molecule has 3 rings (SSSR count). The van der Waals surface area contributed by atoms with E-state index < -0.39 is 5.97 Å². The lowest BCUT2D eigenvalue weighted by Gasteiger charge is -2.42. The molecule has 2 aromatic rings. The summed E-state index contributed by atoms with van der Waals surface area (Å²) in [5.41, 5.74) is 3.66. The fraction of sp³-hybridized carbons (Fsp3) is 0.417. The van der Waals surface area contributed by atoms with Gasteiger partial charge in [-0.15, -0.1) is 0 Å². The van der Waals surface area contributed by atoms with Gasteiger partial charge in [0.15, 0.2) is 12.4 Å². The summed E-state index contributed by atoms with van der Waals surface area (Å²) in [6, 6.07) is 11.2. The fourth-order valence-electron chi connectivity index (χ4n) is 3.91. The van der Waals surface area contributed by atoms with E-state index in [1.54, 1.807) is 12.1 Å². The number of halogens is 1. The molecule has 1 aliphatic rings. The number of ether oxygens (including phenoxy) is 2. The van der Waals surface area contributed by atoms with E-state index in [4.69, 9.17) is 9.47 Å². The highest BCUT2D eigenvalue weighted by Gasteiger charge is 2.37. The van der Waals surface area contributed by atoms with Crippen molar-refractivity contribution in [3.63, 3.8) is 0 Å². The second-order valence-electron chi connectivity index (χ2n) is 8.85. The van der Waals surface area contributed by atoms with Gasteiger partial charge in [-0.3, -0.25) is 4.79 Å². The fourth-order valence-corrected chi connectivity index (χ4v) is 4.56. The molecular formula is C24H27IO4. The molecule has 2 aromatic carbocycles. The lowest BCUT2D eigenvalue weighted by Crippen LogP contribution is -2.34. The zero-order valence-electron chi connectivity index (χ0n) is 17.6. The summed E-state index contributed by atoms with van der Waals surface area (Å²) in [6.07, 6.45) is 2.22. The van der Waals surface area contributed by atoms with E-state index in [0.29, 0.717) is 16.9 Å². The van der Waals surface area contributed by atoms with E-state index in [-0.39, 0.29) is 23.2 Å². The largest absolute Gasteiger partial charge is 0.483 e. The number of esters is 1. The number of carbonyl (C=O) groups excluding carboxylic acids is 2. The van der Waals surface area contributed by atoms with Crippen LogP contribution in [0.3, 0.4) is 0 Å². The number of hydrogen-bond acceptors (Lipinski definition) is 4. The SMILES string of the molecule is COC(=O)c1cccc(I)c1OCC(=O)c1ccc2c(c1)C(C)(C)CCC2(C)C. The van der Waals surface area contributed by atoms with Gasteiger partial charge in [0.05, 0.1) is 10.7 Å². The maximum Gasteiger partial charge on any atom is 0.341 e. The topological polar surface area (TPSA) is 52.6 Å². The highest BCUT2D eigenvalue weighted by Crippen LogP contribution is 2.45. The molecule has 0 bridgehead atoms. The van der Waals surface area contributed by atoms with Crippen LogP contribution >= 0.6 is 22.6 Å². The average Bonchev–Trinajstić information content (AvgIpc) is 2.69. The highest BCUT2D eigenvalue weighted by atomic mass is 127. The second-order valence-corrected chi connectivity index (χ2v) is 10.0. The maximum absolute atomic E-state index is 12.9. The Morgan fingerprint density at radius 2 is 1.66 bits per heavy atom. The van der Waals surface area contributed by atoms with Gasteiger partial charge in [0, 0.05) is 5.56 Å².